The van der Waals surface area contributed by atoms with E-state index in [-0.39, 0.29) is 24.4 Å². The predicted molar refractivity (Wildman–Crippen MR) is 103 cm³/mol. The summed E-state index contributed by atoms with van der Waals surface area (Å²) in [4.78, 5) is 12.7. The van der Waals surface area contributed by atoms with Crippen molar-refractivity contribution in [1.82, 2.24) is 10.6 Å². The van der Waals surface area contributed by atoms with Crippen LogP contribution in [-0.4, -0.2) is 44.9 Å². The molecule has 2 atom stereocenters. The van der Waals surface area contributed by atoms with Crippen molar-refractivity contribution in [3.05, 3.63) is 29.3 Å². The zero-order valence-electron chi connectivity index (χ0n) is 15.3. The third kappa shape index (κ3) is 4.70. The zero-order chi connectivity index (χ0) is 17.2. The quantitative estimate of drug-likeness (QED) is 0.763. The van der Waals surface area contributed by atoms with Gasteiger partial charge in [-0.25, -0.2) is 0 Å². The Morgan fingerprint density at radius 3 is 2.69 bits per heavy atom. The summed E-state index contributed by atoms with van der Waals surface area (Å²) in [5.74, 6) is 2.04. The molecule has 4 rings (SSSR count). The lowest BCUT2D eigenvalue weighted by atomic mass is 10.0. The number of benzene rings is 1. The summed E-state index contributed by atoms with van der Waals surface area (Å²) < 4.78 is 10.8. The summed E-state index contributed by atoms with van der Waals surface area (Å²) in [5, 5.41) is 6.81. The van der Waals surface area contributed by atoms with Crippen molar-refractivity contribution in [3.8, 4) is 5.75 Å². The van der Waals surface area contributed by atoms with Crippen LogP contribution in [0.5, 0.6) is 5.75 Å². The number of hydrogen-bond donors (Lipinski definition) is 2. The Kier molecular flexibility index (Phi) is 6.43. The van der Waals surface area contributed by atoms with Gasteiger partial charge in [0.25, 0.3) is 5.91 Å². The molecule has 144 valence electrons. The lowest BCUT2D eigenvalue weighted by molar-refractivity contribution is 0.0695. The number of hydrogen-bond acceptors (Lipinski definition) is 4. The summed E-state index contributed by atoms with van der Waals surface area (Å²) in [6, 6.07) is 6.83. The van der Waals surface area contributed by atoms with Gasteiger partial charge in [-0.15, -0.1) is 12.4 Å². The van der Waals surface area contributed by atoms with Crippen LogP contribution in [0.4, 0.5) is 0 Å². The summed E-state index contributed by atoms with van der Waals surface area (Å²) in [7, 11) is 1.62. The fourth-order valence-corrected chi connectivity index (χ4v) is 3.67. The van der Waals surface area contributed by atoms with Gasteiger partial charge in [0.1, 0.15) is 5.75 Å². The molecule has 0 spiro atoms. The maximum absolute atomic E-state index is 12.7. The van der Waals surface area contributed by atoms with Gasteiger partial charge in [-0.2, -0.15) is 0 Å². The predicted octanol–water partition coefficient (Wildman–Crippen LogP) is 2.88. The van der Waals surface area contributed by atoms with Gasteiger partial charge < -0.3 is 20.1 Å². The highest BCUT2D eigenvalue weighted by atomic mass is 35.5. The lowest BCUT2D eigenvalue weighted by Crippen LogP contribution is -2.39. The average Bonchev–Trinajstić information content (AvgIpc) is 3.55. The van der Waals surface area contributed by atoms with E-state index >= 15 is 0 Å². The number of nitrogens with one attached hydrogen (secondary N) is 2. The number of amides is 1. The molecule has 1 amide bonds. The van der Waals surface area contributed by atoms with Gasteiger partial charge in [-0.3, -0.25) is 4.79 Å². The molecule has 0 aromatic heterocycles. The van der Waals surface area contributed by atoms with Crippen molar-refractivity contribution in [2.24, 2.45) is 5.92 Å². The summed E-state index contributed by atoms with van der Waals surface area (Å²) in [6.07, 6.45) is 5.68. The molecule has 3 fully saturated rings. The normalized spacial score (nSPS) is 25.3. The Morgan fingerprint density at radius 2 is 2.00 bits per heavy atom. The van der Waals surface area contributed by atoms with Crippen molar-refractivity contribution in [1.29, 1.82) is 0 Å². The van der Waals surface area contributed by atoms with Gasteiger partial charge in [0.05, 0.1) is 12.7 Å². The summed E-state index contributed by atoms with van der Waals surface area (Å²) >= 11 is 0. The number of methoxy groups -OCH3 is 1. The molecule has 3 aliphatic rings. The van der Waals surface area contributed by atoms with Crippen LogP contribution in [0.15, 0.2) is 18.2 Å². The first-order valence-corrected chi connectivity index (χ1v) is 9.54. The van der Waals surface area contributed by atoms with E-state index in [4.69, 9.17) is 9.47 Å². The highest BCUT2D eigenvalue weighted by Crippen LogP contribution is 2.42. The second kappa shape index (κ2) is 8.59. The molecular formula is C20H29ClN2O3. The second-order valence-electron chi connectivity index (χ2n) is 7.62. The Morgan fingerprint density at radius 1 is 1.23 bits per heavy atom. The molecule has 26 heavy (non-hydrogen) atoms. The first-order valence-electron chi connectivity index (χ1n) is 9.54. The van der Waals surface area contributed by atoms with Crippen molar-refractivity contribution < 1.29 is 14.3 Å². The molecule has 0 radical (unpaired) electrons. The van der Waals surface area contributed by atoms with Crippen LogP contribution in [0.2, 0.25) is 0 Å². The molecule has 1 aromatic carbocycles. The molecule has 2 N–H and O–H groups in total. The van der Waals surface area contributed by atoms with E-state index in [1.54, 1.807) is 7.11 Å². The first kappa shape index (κ1) is 19.5. The van der Waals surface area contributed by atoms with Crippen LogP contribution in [0.25, 0.3) is 0 Å². The van der Waals surface area contributed by atoms with Crippen LogP contribution >= 0.6 is 12.4 Å². The van der Waals surface area contributed by atoms with Gasteiger partial charge in [-0.05, 0) is 62.3 Å². The minimum Gasteiger partial charge on any atom is -0.496 e. The van der Waals surface area contributed by atoms with Gasteiger partial charge in [0, 0.05) is 31.2 Å². The highest BCUT2D eigenvalue weighted by Gasteiger charge is 2.39. The van der Waals surface area contributed by atoms with E-state index in [1.165, 1.54) is 24.8 Å². The van der Waals surface area contributed by atoms with Crippen molar-refractivity contribution in [2.45, 2.75) is 50.1 Å². The van der Waals surface area contributed by atoms with E-state index in [2.05, 4.69) is 16.7 Å². The monoisotopic (exact) mass is 380 g/mol. The van der Waals surface area contributed by atoms with Crippen LogP contribution in [0, 0.1) is 5.92 Å². The topological polar surface area (TPSA) is 59.6 Å². The van der Waals surface area contributed by atoms with Crippen LogP contribution in [-0.2, 0) is 4.74 Å². The van der Waals surface area contributed by atoms with E-state index < -0.39 is 0 Å². The number of halogens is 1. The van der Waals surface area contributed by atoms with Gasteiger partial charge in [-0.1, -0.05) is 6.07 Å². The van der Waals surface area contributed by atoms with Gasteiger partial charge >= 0.3 is 0 Å². The summed E-state index contributed by atoms with van der Waals surface area (Å²) in [5.41, 5.74) is 1.89. The molecule has 1 aliphatic heterocycles. The van der Waals surface area contributed by atoms with E-state index in [9.17, 15) is 4.79 Å². The number of rotatable bonds is 7. The Labute approximate surface area is 161 Å². The minimum atomic E-state index is -0.0336. The molecule has 5 nitrogen and oxygen atoms in total. The average molecular weight is 381 g/mol. The van der Waals surface area contributed by atoms with Gasteiger partial charge in [0.15, 0.2) is 0 Å². The van der Waals surface area contributed by atoms with E-state index in [0.29, 0.717) is 23.3 Å². The summed E-state index contributed by atoms with van der Waals surface area (Å²) in [6.45, 7) is 2.59. The molecular weight excluding hydrogens is 352 g/mol. The molecule has 1 aromatic rings. The van der Waals surface area contributed by atoms with Crippen LogP contribution < -0.4 is 15.4 Å². The fraction of sp³-hybridized carbons (Fsp3) is 0.650. The number of carbonyl (C=O) groups excluding carboxylic acids is 1. The molecule has 2 aliphatic carbocycles. The maximum Gasteiger partial charge on any atom is 0.255 e. The minimum absolute atomic E-state index is 0. The third-order valence-corrected chi connectivity index (χ3v) is 5.61. The lowest BCUT2D eigenvalue weighted by Gasteiger charge is -2.23. The third-order valence-electron chi connectivity index (χ3n) is 5.61. The molecule has 2 saturated carbocycles. The Hall–Kier alpha value is -1.30. The van der Waals surface area contributed by atoms with Crippen LogP contribution in [0.3, 0.4) is 0 Å². The number of carbonyl (C=O) groups is 1. The highest BCUT2D eigenvalue weighted by molar-refractivity contribution is 5.97. The molecule has 6 heteroatoms. The molecule has 2 unspecified atom stereocenters. The maximum atomic E-state index is 12.7. The van der Waals surface area contributed by atoms with Crippen molar-refractivity contribution in [3.63, 3.8) is 0 Å². The standard InChI is InChI=1S/C20H28N2O3.ClH/c1-24-19-5-4-14(16-11-18(16)21-12-13-2-3-13)10-17(19)20(23)22-15-6-8-25-9-7-15;/h4-5,10,13,15-16,18,21H,2-3,6-9,11-12H2,1H3,(H,22,23);1H. The first-order chi connectivity index (χ1) is 12.2. The number of ether oxygens (including phenoxy) is 2. The largest absolute Gasteiger partial charge is 0.496 e. The smallest absolute Gasteiger partial charge is 0.255 e. The van der Waals surface area contributed by atoms with Gasteiger partial charge in [0.2, 0.25) is 0 Å². The SMILES string of the molecule is COc1ccc(C2CC2NCC2CC2)cc1C(=O)NC1CCOCC1.Cl. The van der Waals surface area contributed by atoms with Crippen LogP contribution in [0.1, 0.15) is 53.9 Å². The Bertz CT molecular complexity index is 629. The molecule has 1 heterocycles. The molecule has 0 bridgehead atoms. The van der Waals surface area contributed by atoms with E-state index in [0.717, 1.165) is 38.5 Å². The second-order valence-corrected chi connectivity index (χ2v) is 7.62. The van der Waals surface area contributed by atoms with E-state index in [1.807, 2.05) is 12.1 Å². The molecule has 1 saturated heterocycles. The fourth-order valence-electron chi connectivity index (χ4n) is 3.67. The zero-order valence-corrected chi connectivity index (χ0v) is 16.1. The van der Waals surface area contributed by atoms with Crippen molar-refractivity contribution in [2.75, 3.05) is 26.9 Å². The Balaban J connectivity index is 0.00000196. The van der Waals surface area contributed by atoms with Crippen molar-refractivity contribution >= 4 is 18.3 Å².